The van der Waals surface area contributed by atoms with E-state index in [1.807, 2.05) is 55.5 Å². The van der Waals surface area contributed by atoms with E-state index in [4.69, 9.17) is 9.47 Å². The summed E-state index contributed by atoms with van der Waals surface area (Å²) < 4.78 is 10.6. The zero-order valence-corrected chi connectivity index (χ0v) is 14.2. The van der Waals surface area contributed by atoms with Crippen LogP contribution in [0.25, 0.3) is 0 Å². The minimum atomic E-state index is -0.205. The second-order valence-electron chi connectivity index (χ2n) is 5.52. The molecule has 2 rings (SSSR count). The Balaban J connectivity index is 1.61. The summed E-state index contributed by atoms with van der Waals surface area (Å²) in [5.41, 5.74) is 3.34. The average Bonchev–Trinajstić information content (AvgIpc) is 2.60. The molecule has 0 aliphatic carbocycles. The highest BCUT2D eigenvalue weighted by atomic mass is 16.5. The molecule has 24 heavy (non-hydrogen) atoms. The topological polar surface area (TPSA) is 59.6 Å². The molecular formula is C19H24N2O3. The molecule has 0 aromatic heterocycles. The van der Waals surface area contributed by atoms with Crippen molar-refractivity contribution in [3.63, 3.8) is 0 Å². The van der Waals surface area contributed by atoms with Crippen LogP contribution in [0.1, 0.15) is 16.7 Å². The Morgan fingerprint density at radius 3 is 2.29 bits per heavy atom. The fraction of sp³-hybridized carbons (Fsp3) is 0.316. The Labute approximate surface area is 143 Å². The summed E-state index contributed by atoms with van der Waals surface area (Å²) in [7, 11) is 1.67. The highest BCUT2D eigenvalue weighted by Gasteiger charge is 2.01. The van der Waals surface area contributed by atoms with Gasteiger partial charge in [-0.05, 0) is 30.2 Å². The third-order valence-electron chi connectivity index (χ3n) is 3.46. The van der Waals surface area contributed by atoms with Crippen molar-refractivity contribution < 1.29 is 14.3 Å². The van der Waals surface area contributed by atoms with Gasteiger partial charge in [-0.2, -0.15) is 0 Å². The van der Waals surface area contributed by atoms with Gasteiger partial charge < -0.3 is 20.1 Å². The molecule has 0 aliphatic heterocycles. The average molecular weight is 328 g/mol. The minimum absolute atomic E-state index is 0.205. The van der Waals surface area contributed by atoms with Crippen molar-refractivity contribution in [1.29, 1.82) is 0 Å². The number of amides is 2. The van der Waals surface area contributed by atoms with Crippen molar-refractivity contribution in [2.24, 2.45) is 0 Å². The number of hydrogen-bond acceptors (Lipinski definition) is 3. The first-order valence-electron chi connectivity index (χ1n) is 7.95. The van der Waals surface area contributed by atoms with Crippen molar-refractivity contribution >= 4 is 6.03 Å². The third kappa shape index (κ3) is 6.30. The maximum atomic E-state index is 11.7. The van der Waals surface area contributed by atoms with Crippen LogP contribution in [0.3, 0.4) is 0 Å². The van der Waals surface area contributed by atoms with Crippen LogP contribution in [-0.4, -0.2) is 26.3 Å². The van der Waals surface area contributed by atoms with E-state index < -0.39 is 0 Å². The number of benzene rings is 2. The molecule has 0 bridgehead atoms. The second kappa shape index (κ2) is 9.57. The minimum Gasteiger partial charge on any atom is -0.492 e. The summed E-state index contributed by atoms with van der Waals surface area (Å²) in [5.74, 6) is 0.805. The zero-order valence-electron chi connectivity index (χ0n) is 14.2. The smallest absolute Gasteiger partial charge is 0.315 e. The molecule has 0 heterocycles. The monoisotopic (exact) mass is 328 g/mol. The molecule has 0 radical (unpaired) electrons. The first-order valence-corrected chi connectivity index (χ1v) is 7.95. The Bertz CT molecular complexity index is 624. The molecule has 5 heteroatoms. The molecule has 5 nitrogen and oxygen atoms in total. The van der Waals surface area contributed by atoms with Crippen LogP contribution in [0.4, 0.5) is 4.79 Å². The van der Waals surface area contributed by atoms with Crippen molar-refractivity contribution in [1.82, 2.24) is 10.6 Å². The van der Waals surface area contributed by atoms with Gasteiger partial charge in [0, 0.05) is 13.7 Å². The molecule has 0 saturated heterocycles. The summed E-state index contributed by atoms with van der Waals surface area (Å²) >= 11 is 0. The fourth-order valence-electron chi connectivity index (χ4n) is 2.13. The number of methoxy groups -OCH3 is 1. The lowest BCUT2D eigenvalue weighted by Crippen LogP contribution is -2.37. The first-order chi connectivity index (χ1) is 11.7. The van der Waals surface area contributed by atoms with E-state index in [9.17, 15) is 4.79 Å². The van der Waals surface area contributed by atoms with Crippen LogP contribution < -0.4 is 15.4 Å². The van der Waals surface area contributed by atoms with Gasteiger partial charge in [-0.3, -0.25) is 0 Å². The summed E-state index contributed by atoms with van der Waals surface area (Å²) in [6.07, 6.45) is 0. The molecule has 0 atom stereocenters. The SMILES string of the molecule is COCc1ccc(CNC(=O)NCCOc2ccc(C)cc2)cc1. The van der Waals surface area contributed by atoms with Crippen LogP contribution >= 0.6 is 0 Å². The predicted octanol–water partition coefficient (Wildman–Crippen LogP) is 3.02. The van der Waals surface area contributed by atoms with Gasteiger partial charge in [-0.1, -0.05) is 42.0 Å². The maximum Gasteiger partial charge on any atom is 0.315 e. The number of hydrogen-bond donors (Lipinski definition) is 2. The number of urea groups is 1. The molecule has 0 aliphatic rings. The molecule has 0 unspecified atom stereocenters. The molecular weight excluding hydrogens is 304 g/mol. The highest BCUT2D eigenvalue weighted by Crippen LogP contribution is 2.10. The number of rotatable bonds is 8. The van der Waals surface area contributed by atoms with E-state index in [-0.39, 0.29) is 6.03 Å². The van der Waals surface area contributed by atoms with Crippen LogP contribution in [0.15, 0.2) is 48.5 Å². The van der Waals surface area contributed by atoms with Crippen molar-refractivity contribution in [3.8, 4) is 5.75 Å². The van der Waals surface area contributed by atoms with Gasteiger partial charge in [0.15, 0.2) is 0 Å². The van der Waals surface area contributed by atoms with Gasteiger partial charge in [0.25, 0.3) is 0 Å². The summed E-state index contributed by atoms with van der Waals surface area (Å²) in [6.45, 7) is 3.99. The molecule has 2 aromatic rings. The normalized spacial score (nSPS) is 10.2. The molecule has 2 amide bonds. The highest BCUT2D eigenvalue weighted by molar-refractivity contribution is 5.73. The van der Waals surface area contributed by atoms with Gasteiger partial charge in [-0.15, -0.1) is 0 Å². The standard InChI is InChI=1S/C19H24N2O3/c1-15-3-9-18(10-4-15)24-12-11-20-19(22)21-13-16-5-7-17(8-6-16)14-23-2/h3-10H,11-14H2,1-2H3,(H2,20,21,22). The third-order valence-corrected chi connectivity index (χ3v) is 3.46. The van der Waals surface area contributed by atoms with Crippen LogP contribution in [-0.2, 0) is 17.9 Å². The molecule has 2 aromatic carbocycles. The van der Waals surface area contributed by atoms with E-state index >= 15 is 0 Å². The van der Waals surface area contributed by atoms with Crippen LogP contribution in [0.5, 0.6) is 5.75 Å². The number of nitrogens with one attached hydrogen (secondary N) is 2. The number of carbonyl (C=O) groups excluding carboxylic acids is 1. The van der Waals surface area contributed by atoms with Gasteiger partial charge >= 0.3 is 6.03 Å². The van der Waals surface area contributed by atoms with Gasteiger partial charge in [-0.25, -0.2) is 4.79 Å². The quantitative estimate of drug-likeness (QED) is 0.732. The lowest BCUT2D eigenvalue weighted by atomic mass is 10.1. The van der Waals surface area contributed by atoms with Crippen molar-refractivity contribution in [2.75, 3.05) is 20.3 Å². The lowest BCUT2D eigenvalue weighted by Gasteiger charge is -2.09. The molecule has 128 valence electrons. The largest absolute Gasteiger partial charge is 0.492 e. The van der Waals surface area contributed by atoms with Crippen molar-refractivity contribution in [2.45, 2.75) is 20.1 Å². The van der Waals surface area contributed by atoms with E-state index in [0.717, 1.165) is 16.9 Å². The summed E-state index contributed by atoms with van der Waals surface area (Å²) in [6, 6.07) is 15.6. The second-order valence-corrected chi connectivity index (χ2v) is 5.52. The molecule has 2 N–H and O–H groups in total. The maximum absolute atomic E-state index is 11.7. The predicted molar refractivity (Wildman–Crippen MR) is 94.1 cm³/mol. The Morgan fingerprint density at radius 1 is 0.958 bits per heavy atom. The number of ether oxygens (including phenoxy) is 2. The number of aryl methyl sites for hydroxylation is 1. The van der Waals surface area contributed by atoms with E-state index in [0.29, 0.717) is 26.3 Å². The Kier molecular flexibility index (Phi) is 7.11. The molecule has 0 spiro atoms. The van der Waals surface area contributed by atoms with E-state index in [1.54, 1.807) is 7.11 Å². The fourth-order valence-corrected chi connectivity index (χ4v) is 2.13. The van der Waals surface area contributed by atoms with E-state index in [2.05, 4.69) is 10.6 Å². The van der Waals surface area contributed by atoms with Gasteiger partial charge in [0.05, 0.1) is 13.2 Å². The Morgan fingerprint density at radius 2 is 1.62 bits per heavy atom. The molecule has 0 fully saturated rings. The summed E-state index contributed by atoms with van der Waals surface area (Å²) in [4.78, 5) is 11.7. The first kappa shape index (κ1) is 17.8. The zero-order chi connectivity index (χ0) is 17.2. The lowest BCUT2D eigenvalue weighted by molar-refractivity contribution is 0.185. The van der Waals surface area contributed by atoms with Crippen LogP contribution in [0, 0.1) is 6.92 Å². The van der Waals surface area contributed by atoms with Crippen LogP contribution in [0.2, 0.25) is 0 Å². The number of carbonyl (C=O) groups is 1. The summed E-state index contributed by atoms with van der Waals surface area (Å²) in [5, 5.41) is 5.59. The van der Waals surface area contributed by atoms with Gasteiger partial charge in [0.1, 0.15) is 12.4 Å². The van der Waals surface area contributed by atoms with Crippen molar-refractivity contribution in [3.05, 3.63) is 65.2 Å². The van der Waals surface area contributed by atoms with E-state index in [1.165, 1.54) is 5.56 Å². The van der Waals surface area contributed by atoms with Gasteiger partial charge in [0.2, 0.25) is 0 Å². The Hall–Kier alpha value is -2.53. The molecule has 0 saturated carbocycles.